The number of hydrogen-bond donors (Lipinski definition) is 0. The van der Waals surface area contributed by atoms with Crippen LogP contribution in [-0.4, -0.2) is 0 Å². The quantitative estimate of drug-likeness (QED) is 0.201. The van der Waals surface area contributed by atoms with Crippen molar-refractivity contribution in [2.75, 3.05) is 0 Å². The van der Waals surface area contributed by atoms with Gasteiger partial charge in [0.15, 0.2) is 0 Å². The number of fused-ring (bicyclic) bond motifs is 6. The first-order chi connectivity index (χ1) is 22.8. The van der Waals surface area contributed by atoms with Crippen molar-refractivity contribution >= 4 is 21.5 Å². The van der Waals surface area contributed by atoms with Crippen LogP contribution in [0.3, 0.4) is 0 Å². The summed E-state index contributed by atoms with van der Waals surface area (Å²) in [5.41, 5.74) is 12.0. The van der Waals surface area contributed by atoms with Crippen LogP contribution >= 0.6 is 0 Å². The SMILES string of the molecule is c1ccc(C2(c3cccc(-c4cc5c6c(cccc6c4)-c4ccccc4O5)c3)c3ccccc3-c3cc4ccccc4cc32)cc1. The summed E-state index contributed by atoms with van der Waals surface area (Å²) in [4.78, 5) is 0. The van der Waals surface area contributed by atoms with Crippen LogP contribution in [0.5, 0.6) is 11.5 Å². The Morgan fingerprint density at radius 2 is 1.02 bits per heavy atom. The Bertz CT molecular complexity index is 2510. The van der Waals surface area contributed by atoms with Gasteiger partial charge < -0.3 is 4.74 Å². The summed E-state index contributed by atoms with van der Waals surface area (Å²) in [7, 11) is 0. The monoisotopic (exact) mass is 584 g/mol. The van der Waals surface area contributed by atoms with Gasteiger partial charge in [0.1, 0.15) is 11.5 Å². The maximum Gasteiger partial charge on any atom is 0.136 e. The van der Waals surface area contributed by atoms with E-state index in [0.717, 1.165) is 22.6 Å². The molecule has 10 rings (SSSR count). The van der Waals surface area contributed by atoms with Gasteiger partial charge in [-0.2, -0.15) is 0 Å². The highest BCUT2D eigenvalue weighted by Gasteiger charge is 2.46. The third-order valence-electron chi connectivity index (χ3n) is 10.1. The Kier molecular flexibility index (Phi) is 5.27. The molecule has 0 radical (unpaired) electrons. The fraction of sp³-hybridized carbons (Fsp3) is 0.0222. The van der Waals surface area contributed by atoms with Crippen LogP contribution in [0.4, 0.5) is 0 Å². The molecule has 0 saturated carbocycles. The van der Waals surface area contributed by atoms with Gasteiger partial charge in [0.25, 0.3) is 0 Å². The van der Waals surface area contributed by atoms with E-state index in [1.165, 1.54) is 66.1 Å². The van der Waals surface area contributed by atoms with Gasteiger partial charge in [-0.1, -0.05) is 133 Å². The molecule has 2 aliphatic rings. The summed E-state index contributed by atoms with van der Waals surface area (Å²) in [6, 6.07) is 62.2. The van der Waals surface area contributed by atoms with Gasteiger partial charge in [0, 0.05) is 10.9 Å². The molecule has 8 aromatic rings. The van der Waals surface area contributed by atoms with Gasteiger partial charge in [0.05, 0.1) is 5.41 Å². The van der Waals surface area contributed by atoms with E-state index in [9.17, 15) is 0 Å². The van der Waals surface area contributed by atoms with Crippen molar-refractivity contribution in [3.63, 3.8) is 0 Å². The molecule has 1 heteroatoms. The summed E-state index contributed by atoms with van der Waals surface area (Å²) < 4.78 is 6.56. The van der Waals surface area contributed by atoms with E-state index in [2.05, 4.69) is 164 Å². The van der Waals surface area contributed by atoms with Crippen molar-refractivity contribution in [2.24, 2.45) is 0 Å². The van der Waals surface area contributed by atoms with Crippen molar-refractivity contribution in [3.05, 3.63) is 192 Å². The molecule has 1 unspecified atom stereocenters. The Balaban J connectivity index is 1.24. The first-order valence-electron chi connectivity index (χ1n) is 15.9. The van der Waals surface area contributed by atoms with Gasteiger partial charge in [-0.05, 0) is 103 Å². The minimum absolute atomic E-state index is 0.471. The normalized spacial score (nSPS) is 15.7. The van der Waals surface area contributed by atoms with E-state index < -0.39 is 5.41 Å². The summed E-state index contributed by atoms with van der Waals surface area (Å²) in [5.74, 6) is 1.82. The van der Waals surface area contributed by atoms with E-state index in [1.54, 1.807) is 0 Å². The van der Waals surface area contributed by atoms with Crippen LogP contribution in [0.15, 0.2) is 170 Å². The maximum atomic E-state index is 6.56. The summed E-state index contributed by atoms with van der Waals surface area (Å²) in [5, 5.41) is 4.88. The predicted octanol–water partition coefficient (Wildman–Crippen LogP) is 11.8. The zero-order valence-corrected chi connectivity index (χ0v) is 25.1. The molecule has 0 fully saturated rings. The van der Waals surface area contributed by atoms with Crippen LogP contribution in [0.25, 0.3) is 54.9 Å². The van der Waals surface area contributed by atoms with Crippen molar-refractivity contribution in [2.45, 2.75) is 5.41 Å². The topological polar surface area (TPSA) is 9.23 Å². The van der Waals surface area contributed by atoms with Crippen LogP contribution < -0.4 is 4.74 Å². The number of ether oxygens (including phenoxy) is 1. The van der Waals surface area contributed by atoms with Crippen molar-refractivity contribution in [1.82, 2.24) is 0 Å². The standard InChI is InChI=1S/C45H28O/c1-2-16-34(17-3-1)45(40-22-8-6-19-36(40)39-26-30-12-4-5-13-31(30)27-41(39)45)35-18-10-14-29(25-35)33-24-32-15-11-21-38-37-20-7-9-23-42(37)46-43(28-33)44(32)38/h1-28H. The molecular weight excluding hydrogens is 556 g/mol. The number of rotatable bonds is 3. The van der Waals surface area contributed by atoms with E-state index in [1.807, 2.05) is 6.07 Å². The average Bonchev–Trinajstić information content (AvgIpc) is 3.41. The highest BCUT2D eigenvalue weighted by Crippen LogP contribution is 2.57. The number of benzene rings is 8. The van der Waals surface area contributed by atoms with Crippen molar-refractivity contribution in [1.29, 1.82) is 0 Å². The van der Waals surface area contributed by atoms with E-state index >= 15 is 0 Å². The molecule has 1 nitrogen and oxygen atoms in total. The lowest BCUT2D eigenvalue weighted by molar-refractivity contribution is 0.487. The molecule has 0 bridgehead atoms. The van der Waals surface area contributed by atoms with Gasteiger partial charge in [-0.3, -0.25) is 0 Å². The van der Waals surface area contributed by atoms with Gasteiger partial charge >= 0.3 is 0 Å². The zero-order chi connectivity index (χ0) is 30.2. The highest BCUT2D eigenvalue weighted by molar-refractivity contribution is 6.06. The predicted molar refractivity (Wildman–Crippen MR) is 190 cm³/mol. The summed E-state index contributed by atoms with van der Waals surface area (Å²) in [6.45, 7) is 0. The van der Waals surface area contributed by atoms with Crippen LogP contribution in [0, 0.1) is 0 Å². The lowest BCUT2D eigenvalue weighted by Gasteiger charge is -2.34. The average molecular weight is 585 g/mol. The third-order valence-corrected chi connectivity index (χ3v) is 10.1. The van der Waals surface area contributed by atoms with E-state index in [0.29, 0.717) is 0 Å². The largest absolute Gasteiger partial charge is 0.456 e. The van der Waals surface area contributed by atoms with Gasteiger partial charge in [-0.15, -0.1) is 0 Å². The van der Waals surface area contributed by atoms with Gasteiger partial charge in [-0.25, -0.2) is 0 Å². The molecule has 0 spiro atoms. The van der Waals surface area contributed by atoms with E-state index in [-0.39, 0.29) is 0 Å². The van der Waals surface area contributed by atoms with Crippen LogP contribution in [0.1, 0.15) is 22.3 Å². The Morgan fingerprint density at radius 3 is 1.91 bits per heavy atom. The summed E-state index contributed by atoms with van der Waals surface area (Å²) in [6.07, 6.45) is 0. The summed E-state index contributed by atoms with van der Waals surface area (Å²) >= 11 is 0. The molecular formula is C45H28O. The Labute approximate surface area is 268 Å². The smallest absolute Gasteiger partial charge is 0.136 e. The molecule has 46 heavy (non-hydrogen) atoms. The lowest BCUT2D eigenvalue weighted by Crippen LogP contribution is -2.28. The molecule has 0 aromatic heterocycles. The fourth-order valence-corrected chi connectivity index (χ4v) is 8.13. The molecule has 1 aliphatic heterocycles. The third kappa shape index (κ3) is 3.46. The Morgan fingerprint density at radius 1 is 0.348 bits per heavy atom. The zero-order valence-electron chi connectivity index (χ0n) is 25.1. The van der Waals surface area contributed by atoms with Gasteiger partial charge in [0.2, 0.25) is 0 Å². The minimum Gasteiger partial charge on any atom is -0.456 e. The second kappa shape index (κ2) is 9.54. The minimum atomic E-state index is -0.471. The first kappa shape index (κ1) is 25.4. The molecule has 8 aromatic carbocycles. The highest BCUT2D eigenvalue weighted by atomic mass is 16.5. The Hall–Kier alpha value is -5.92. The molecule has 1 heterocycles. The fourth-order valence-electron chi connectivity index (χ4n) is 8.13. The van der Waals surface area contributed by atoms with Crippen LogP contribution in [0.2, 0.25) is 0 Å². The molecule has 0 saturated heterocycles. The lowest BCUT2D eigenvalue weighted by atomic mass is 9.67. The molecule has 1 aliphatic carbocycles. The molecule has 0 N–H and O–H groups in total. The molecule has 0 amide bonds. The number of para-hydroxylation sites is 1. The van der Waals surface area contributed by atoms with Crippen molar-refractivity contribution < 1.29 is 4.74 Å². The van der Waals surface area contributed by atoms with Crippen molar-refractivity contribution in [3.8, 4) is 44.9 Å². The van der Waals surface area contributed by atoms with E-state index in [4.69, 9.17) is 4.74 Å². The number of hydrogen-bond acceptors (Lipinski definition) is 1. The second-order valence-corrected chi connectivity index (χ2v) is 12.5. The van der Waals surface area contributed by atoms with Crippen LogP contribution in [-0.2, 0) is 5.41 Å². The molecule has 214 valence electrons. The molecule has 1 atom stereocenters. The maximum absolute atomic E-state index is 6.56. The first-order valence-corrected chi connectivity index (χ1v) is 15.9. The second-order valence-electron chi connectivity index (χ2n) is 12.5.